The van der Waals surface area contributed by atoms with Crippen LogP contribution in [-0.2, 0) is 13.6 Å². The summed E-state index contributed by atoms with van der Waals surface area (Å²) < 4.78 is 2.30. The van der Waals surface area contributed by atoms with Crippen LogP contribution in [0.15, 0.2) is 0 Å². The molecule has 3 aliphatic rings. The van der Waals surface area contributed by atoms with Gasteiger partial charge in [-0.05, 0) is 64.1 Å². The van der Waals surface area contributed by atoms with Gasteiger partial charge in [0, 0.05) is 26.1 Å². The highest BCUT2D eigenvalue weighted by atomic mass is 15.3. The highest BCUT2D eigenvalue weighted by molar-refractivity contribution is 5.04. The minimum absolute atomic E-state index is 0.572. The van der Waals surface area contributed by atoms with Gasteiger partial charge in [0.05, 0.1) is 6.54 Å². The fourth-order valence-corrected chi connectivity index (χ4v) is 5.18. The smallest absolute Gasteiger partial charge is 0.146 e. The second-order valence-electron chi connectivity index (χ2n) is 8.62. The second kappa shape index (κ2) is 8.17. The maximum Gasteiger partial charge on any atom is 0.146 e. The lowest BCUT2D eigenvalue weighted by molar-refractivity contribution is 0.175. The third-order valence-electron chi connectivity index (χ3n) is 6.67. The normalized spacial score (nSPS) is 27.2. The molecule has 0 bridgehead atoms. The van der Waals surface area contributed by atoms with Crippen molar-refractivity contribution in [3.8, 4) is 0 Å². The predicted molar refractivity (Wildman–Crippen MR) is 101 cm³/mol. The quantitative estimate of drug-likeness (QED) is 0.821. The summed E-state index contributed by atoms with van der Waals surface area (Å²) in [5.74, 6) is 3.91. The van der Waals surface area contributed by atoms with Crippen LogP contribution < -0.4 is 0 Å². The number of nitrogens with zero attached hydrogens (tertiary/aromatic N) is 5. The Morgan fingerprint density at radius 2 is 1.60 bits per heavy atom. The lowest BCUT2D eigenvalue weighted by Gasteiger charge is -2.33. The van der Waals surface area contributed by atoms with Crippen LogP contribution in [0.5, 0.6) is 0 Å². The zero-order chi connectivity index (χ0) is 17.1. The van der Waals surface area contributed by atoms with Gasteiger partial charge in [-0.3, -0.25) is 4.90 Å². The van der Waals surface area contributed by atoms with Crippen molar-refractivity contribution in [1.82, 2.24) is 24.6 Å². The largest absolute Gasteiger partial charge is 0.317 e. The lowest BCUT2D eigenvalue weighted by atomic mass is 9.95. The molecule has 1 atom stereocenters. The van der Waals surface area contributed by atoms with Gasteiger partial charge >= 0.3 is 0 Å². The van der Waals surface area contributed by atoms with Gasteiger partial charge in [0.1, 0.15) is 11.6 Å². The van der Waals surface area contributed by atoms with Crippen LogP contribution in [0.2, 0.25) is 0 Å². The molecule has 1 aliphatic carbocycles. The average Bonchev–Trinajstić information content (AvgIpc) is 3.27. The molecule has 0 radical (unpaired) electrons. The Kier molecular flexibility index (Phi) is 5.71. The number of likely N-dealkylation sites (tertiary alicyclic amines) is 2. The molecular formula is C20H35N5. The molecule has 5 nitrogen and oxygen atoms in total. The van der Waals surface area contributed by atoms with E-state index in [0.717, 1.165) is 18.3 Å². The van der Waals surface area contributed by atoms with Crippen molar-refractivity contribution >= 4 is 0 Å². The van der Waals surface area contributed by atoms with Gasteiger partial charge in [0.25, 0.3) is 0 Å². The Bertz CT molecular complexity index is 542. The first-order valence-electron chi connectivity index (χ1n) is 10.6. The zero-order valence-electron chi connectivity index (χ0n) is 16.0. The molecule has 1 aromatic rings. The molecule has 0 unspecified atom stereocenters. The summed E-state index contributed by atoms with van der Waals surface area (Å²) in [6.45, 7) is 7.20. The first-order valence-corrected chi connectivity index (χ1v) is 10.6. The molecule has 140 valence electrons. The number of piperidine rings is 2. The minimum atomic E-state index is 0.572. The molecule has 3 fully saturated rings. The lowest BCUT2D eigenvalue weighted by Crippen LogP contribution is -2.38. The van der Waals surface area contributed by atoms with E-state index in [1.54, 1.807) is 0 Å². The van der Waals surface area contributed by atoms with E-state index in [0.29, 0.717) is 5.92 Å². The minimum Gasteiger partial charge on any atom is -0.317 e. The maximum atomic E-state index is 4.63. The van der Waals surface area contributed by atoms with E-state index in [1.807, 2.05) is 0 Å². The van der Waals surface area contributed by atoms with Crippen molar-refractivity contribution in [2.45, 2.75) is 70.3 Å². The van der Waals surface area contributed by atoms with E-state index in [4.69, 9.17) is 0 Å². The van der Waals surface area contributed by atoms with Crippen molar-refractivity contribution in [2.75, 3.05) is 32.7 Å². The Morgan fingerprint density at radius 3 is 2.40 bits per heavy atom. The topological polar surface area (TPSA) is 37.2 Å². The van der Waals surface area contributed by atoms with Crippen molar-refractivity contribution < 1.29 is 0 Å². The SMILES string of the molecule is Cn1c(CN2CCCCC2)nnc1[C@@H]1CCCN(CC2CCCC2)C1. The van der Waals surface area contributed by atoms with Gasteiger partial charge in [0.2, 0.25) is 0 Å². The summed E-state index contributed by atoms with van der Waals surface area (Å²) in [5.41, 5.74) is 0. The van der Waals surface area contributed by atoms with Crippen LogP contribution in [-0.4, -0.2) is 57.3 Å². The van der Waals surface area contributed by atoms with Gasteiger partial charge < -0.3 is 9.47 Å². The van der Waals surface area contributed by atoms with Crippen LogP contribution in [0.25, 0.3) is 0 Å². The number of hydrogen-bond acceptors (Lipinski definition) is 4. The molecule has 25 heavy (non-hydrogen) atoms. The van der Waals surface area contributed by atoms with E-state index in [1.165, 1.54) is 96.3 Å². The Morgan fingerprint density at radius 1 is 0.840 bits per heavy atom. The van der Waals surface area contributed by atoms with Gasteiger partial charge in [-0.25, -0.2) is 0 Å². The Balaban J connectivity index is 1.37. The zero-order valence-corrected chi connectivity index (χ0v) is 16.0. The highest BCUT2D eigenvalue weighted by Gasteiger charge is 2.28. The van der Waals surface area contributed by atoms with E-state index >= 15 is 0 Å². The summed E-state index contributed by atoms with van der Waals surface area (Å²) in [7, 11) is 2.19. The molecule has 3 heterocycles. The molecule has 1 saturated carbocycles. The molecule has 2 aliphatic heterocycles. The second-order valence-corrected chi connectivity index (χ2v) is 8.62. The molecule has 0 spiro atoms. The van der Waals surface area contributed by atoms with E-state index in [9.17, 15) is 0 Å². The van der Waals surface area contributed by atoms with Crippen LogP contribution in [0.4, 0.5) is 0 Å². The van der Waals surface area contributed by atoms with Gasteiger partial charge in [0.15, 0.2) is 0 Å². The monoisotopic (exact) mass is 345 g/mol. The third-order valence-corrected chi connectivity index (χ3v) is 6.67. The first-order chi connectivity index (χ1) is 12.3. The molecule has 5 heteroatoms. The van der Waals surface area contributed by atoms with Crippen LogP contribution in [0.3, 0.4) is 0 Å². The van der Waals surface area contributed by atoms with Crippen LogP contribution >= 0.6 is 0 Å². The van der Waals surface area contributed by atoms with Crippen molar-refractivity contribution in [3.05, 3.63) is 11.6 Å². The van der Waals surface area contributed by atoms with Crippen molar-refractivity contribution in [2.24, 2.45) is 13.0 Å². The Labute approximate surface area is 152 Å². The van der Waals surface area contributed by atoms with Crippen LogP contribution in [0.1, 0.15) is 75.4 Å². The molecule has 0 aromatic carbocycles. The van der Waals surface area contributed by atoms with Crippen LogP contribution in [0, 0.1) is 5.92 Å². The number of aromatic nitrogens is 3. The Hall–Kier alpha value is -0.940. The summed E-state index contributed by atoms with van der Waals surface area (Å²) in [6, 6.07) is 0. The number of rotatable bonds is 5. The fourth-order valence-electron chi connectivity index (χ4n) is 5.18. The first kappa shape index (κ1) is 17.5. The summed E-state index contributed by atoms with van der Waals surface area (Å²) in [4.78, 5) is 5.26. The van der Waals surface area contributed by atoms with Gasteiger partial charge in [-0.2, -0.15) is 0 Å². The van der Waals surface area contributed by atoms with E-state index in [-0.39, 0.29) is 0 Å². The molecular weight excluding hydrogens is 310 g/mol. The molecule has 4 rings (SSSR count). The van der Waals surface area contributed by atoms with Crippen molar-refractivity contribution in [3.63, 3.8) is 0 Å². The summed E-state index contributed by atoms with van der Waals surface area (Å²) >= 11 is 0. The standard InChI is InChI=1S/C20H35N5/c1-23-19(16-24-11-5-2-6-12-24)21-22-20(23)18-10-7-13-25(15-18)14-17-8-3-4-9-17/h17-18H,2-16H2,1H3/t18-/m1/s1. The summed E-state index contributed by atoms with van der Waals surface area (Å²) in [6.07, 6.45) is 12.4. The number of hydrogen-bond donors (Lipinski definition) is 0. The highest BCUT2D eigenvalue weighted by Crippen LogP contribution is 2.30. The van der Waals surface area contributed by atoms with Gasteiger partial charge in [-0.1, -0.05) is 19.3 Å². The van der Waals surface area contributed by atoms with Gasteiger partial charge in [-0.15, -0.1) is 10.2 Å². The van der Waals surface area contributed by atoms with E-state index in [2.05, 4.69) is 31.6 Å². The third kappa shape index (κ3) is 4.25. The fraction of sp³-hybridized carbons (Fsp3) is 0.900. The maximum absolute atomic E-state index is 4.63. The molecule has 0 amide bonds. The van der Waals surface area contributed by atoms with Crippen molar-refractivity contribution in [1.29, 1.82) is 0 Å². The molecule has 0 N–H and O–H groups in total. The average molecular weight is 346 g/mol. The predicted octanol–water partition coefficient (Wildman–Crippen LogP) is 3.17. The van der Waals surface area contributed by atoms with E-state index < -0.39 is 0 Å². The summed E-state index contributed by atoms with van der Waals surface area (Å²) in [5, 5.41) is 9.20. The molecule has 1 aromatic heterocycles. The molecule has 2 saturated heterocycles.